The molecule has 0 aliphatic heterocycles. The first kappa shape index (κ1) is 13.1. The van der Waals surface area contributed by atoms with Gasteiger partial charge in [-0.05, 0) is 17.7 Å². The van der Waals surface area contributed by atoms with Crippen molar-refractivity contribution in [3.8, 4) is 0 Å². The number of nitrogens with one attached hydrogen (secondary N) is 2. The Morgan fingerprint density at radius 1 is 1.24 bits per heavy atom. The second kappa shape index (κ2) is 5.93. The Balaban J connectivity index is 2.57. The molecule has 0 aromatic heterocycles. The molecule has 17 heavy (non-hydrogen) atoms. The van der Waals surface area contributed by atoms with Gasteiger partial charge in [0.05, 0.1) is 0 Å². The van der Waals surface area contributed by atoms with Gasteiger partial charge in [0.2, 0.25) is 0 Å². The van der Waals surface area contributed by atoms with Crippen LogP contribution in [-0.2, 0) is 11.3 Å². The second-order valence-electron chi connectivity index (χ2n) is 3.29. The number of hydrogen-bond donors (Lipinski definition) is 2. The Bertz CT molecular complexity index is 404. The fourth-order valence-electron chi connectivity index (χ4n) is 1.18. The predicted molar refractivity (Wildman–Crippen MR) is 57.7 cm³/mol. The maximum absolute atomic E-state index is 11.9. The van der Waals surface area contributed by atoms with Gasteiger partial charge in [0.1, 0.15) is 0 Å². The molecular formula is C11H12F2N2O2. The van der Waals surface area contributed by atoms with E-state index in [1.54, 1.807) is 24.3 Å². The van der Waals surface area contributed by atoms with Crippen LogP contribution in [0.4, 0.5) is 8.78 Å². The summed E-state index contributed by atoms with van der Waals surface area (Å²) in [5.74, 6) is -1.53. The third-order valence-electron chi connectivity index (χ3n) is 2.11. The predicted octanol–water partition coefficient (Wildman–Crippen LogP) is 0.927. The molecule has 1 aromatic rings. The summed E-state index contributed by atoms with van der Waals surface area (Å²) in [5.41, 5.74) is 1.11. The van der Waals surface area contributed by atoms with Crippen molar-refractivity contribution in [1.29, 1.82) is 0 Å². The van der Waals surface area contributed by atoms with Crippen LogP contribution in [0.2, 0.25) is 0 Å². The van der Waals surface area contributed by atoms with E-state index in [0.717, 1.165) is 0 Å². The van der Waals surface area contributed by atoms with Crippen molar-refractivity contribution in [1.82, 2.24) is 10.6 Å². The largest absolute Gasteiger partial charge is 0.355 e. The topological polar surface area (TPSA) is 58.2 Å². The molecule has 0 aliphatic rings. The van der Waals surface area contributed by atoms with E-state index in [0.29, 0.717) is 11.1 Å². The molecule has 0 unspecified atom stereocenters. The molecule has 1 aromatic carbocycles. The summed E-state index contributed by atoms with van der Waals surface area (Å²) in [6.45, 7) is 0.0111. The Hall–Kier alpha value is -1.98. The summed E-state index contributed by atoms with van der Waals surface area (Å²) in [7, 11) is 1.51. The monoisotopic (exact) mass is 242 g/mol. The van der Waals surface area contributed by atoms with Crippen LogP contribution in [0.1, 0.15) is 15.9 Å². The number of rotatable bonds is 4. The molecule has 0 saturated heterocycles. The number of alkyl halides is 2. The highest BCUT2D eigenvalue weighted by atomic mass is 19.3. The number of carbonyl (C=O) groups is 2. The number of carbonyl (C=O) groups excluding carboxylic acids is 2. The maximum Gasteiger partial charge on any atom is 0.315 e. The molecule has 0 bridgehead atoms. The first-order chi connectivity index (χ1) is 8.04. The first-order valence-electron chi connectivity index (χ1n) is 4.91. The molecule has 0 spiro atoms. The van der Waals surface area contributed by atoms with E-state index in [2.05, 4.69) is 10.6 Å². The molecule has 0 aliphatic carbocycles. The summed E-state index contributed by atoms with van der Waals surface area (Å²) in [4.78, 5) is 21.8. The van der Waals surface area contributed by atoms with Crippen molar-refractivity contribution in [3.63, 3.8) is 0 Å². The summed E-state index contributed by atoms with van der Waals surface area (Å²) in [6, 6.07) is 6.30. The number of halogens is 2. The van der Waals surface area contributed by atoms with E-state index in [9.17, 15) is 18.4 Å². The maximum atomic E-state index is 11.9. The number of amides is 2. The minimum absolute atomic E-state index is 0.0111. The molecule has 2 N–H and O–H groups in total. The highest BCUT2D eigenvalue weighted by Crippen LogP contribution is 2.04. The van der Waals surface area contributed by atoms with E-state index in [4.69, 9.17) is 0 Å². The minimum Gasteiger partial charge on any atom is -0.355 e. The molecule has 0 fully saturated rings. The van der Waals surface area contributed by atoms with Crippen LogP contribution in [-0.4, -0.2) is 25.3 Å². The van der Waals surface area contributed by atoms with Crippen molar-refractivity contribution < 1.29 is 18.4 Å². The van der Waals surface area contributed by atoms with E-state index in [1.807, 2.05) is 0 Å². The van der Waals surface area contributed by atoms with Gasteiger partial charge in [-0.15, -0.1) is 0 Å². The zero-order valence-electron chi connectivity index (χ0n) is 9.17. The van der Waals surface area contributed by atoms with E-state index >= 15 is 0 Å². The smallest absolute Gasteiger partial charge is 0.315 e. The summed E-state index contributed by atoms with van der Waals surface area (Å²) >= 11 is 0. The Morgan fingerprint density at radius 2 is 1.82 bits per heavy atom. The summed E-state index contributed by atoms with van der Waals surface area (Å²) in [6.07, 6.45) is -3.01. The molecular weight excluding hydrogens is 230 g/mol. The third-order valence-corrected chi connectivity index (χ3v) is 2.11. The van der Waals surface area contributed by atoms with Gasteiger partial charge in [-0.25, -0.2) is 0 Å². The van der Waals surface area contributed by atoms with Crippen molar-refractivity contribution in [2.45, 2.75) is 13.0 Å². The average Bonchev–Trinajstić information content (AvgIpc) is 2.35. The fourth-order valence-corrected chi connectivity index (χ4v) is 1.18. The highest BCUT2D eigenvalue weighted by molar-refractivity contribution is 5.93. The molecule has 92 valence electrons. The van der Waals surface area contributed by atoms with Crippen molar-refractivity contribution in [2.24, 2.45) is 0 Å². The zero-order valence-corrected chi connectivity index (χ0v) is 9.17. The van der Waals surface area contributed by atoms with Crippen LogP contribution < -0.4 is 10.6 Å². The second-order valence-corrected chi connectivity index (χ2v) is 3.29. The van der Waals surface area contributed by atoms with Crippen LogP contribution in [0.5, 0.6) is 0 Å². The lowest BCUT2D eigenvalue weighted by Crippen LogP contribution is -2.28. The van der Waals surface area contributed by atoms with E-state index in [1.165, 1.54) is 7.05 Å². The molecule has 0 saturated carbocycles. The number of hydrogen-bond acceptors (Lipinski definition) is 2. The van der Waals surface area contributed by atoms with Gasteiger partial charge in [-0.2, -0.15) is 8.78 Å². The number of benzene rings is 1. The SMILES string of the molecule is CNC(=O)c1ccc(CNC(=O)C(F)F)cc1. The molecule has 0 heterocycles. The van der Waals surface area contributed by atoms with Crippen LogP contribution in [0.25, 0.3) is 0 Å². The van der Waals surface area contributed by atoms with Crippen molar-refractivity contribution >= 4 is 11.8 Å². The molecule has 2 amide bonds. The van der Waals surface area contributed by atoms with Crippen LogP contribution in [0.3, 0.4) is 0 Å². The van der Waals surface area contributed by atoms with Crippen LogP contribution in [0, 0.1) is 0 Å². The first-order valence-corrected chi connectivity index (χ1v) is 4.91. The zero-order chi connectivity index (χ0) is 12.8. The third kappa shape index (κ3) is 3.82. The standard InChI is InChI=1S/C11H12F2N2O2/c1-14-10(16)8-4-2-7(3-5-8)6-15-11(17)9(12)13/h2-5,9H,6H2,1H3,(H,14,16)(H,15,17). The van der Waals surface area contributed by atoms with Gasteiger partial charge < -0.3 is 10.6 Å². The van der Waals surface area contributed by atoms with Gasteiger partial charge in [0, 0.05) is 19.2 Å². The average molecular weight is 242 g/mol. The van der Waals surface area contributed by atoms with E-state index < -0.39 is 12.3 Å². The lowest BCUT2D eigenvalue weighted by Gasteiger charge is -2.05. The van der Waals surface area contributed by atoms with Crippen molar-refractivity contribution in [3.05, 3.63) is 35.4 Å². The van der Waals surface area contributed by atoms with Crippen molar-refractivity contribution in [2.75, 3.05) is 7.05 Å². The summed E-state index contributed by atoms with van der Waals surface area (Å²) < 4.78 is 23.8. The minimum atomic E-state index is -3.01. The fraction of sp³-hybridized carbons (Fsp3) is 0.273. The molecule has 1 rings (SSSR count). The molecule has 4 nitrogen and oxygen atoms in total. The lowest BCUT2D eigenvalue weighted by molar-refractivity contribution is -0.131. The summed E-state index contributed by atoms with van der Waals surface area (Å²) in [5, 5.41) is 4.53. The Morgan fingerprint density at radius 3 is 2.29 bits per heavy atom. The lowest BCUT2D eigenvalue weighted by atomic mass is 10.1. The van der Waals surface area contributed by atoms with Crippen LogP contribution >= 0.6 is 0 Å². The Labute approximate surface area is 97.0 Å². The molecule has 0 atom stereocenters. The van der Waals surface area contributed by atoms with Gasteiger partial charge in [-0.3, -0.25) is 9.59 Å². The molecule has 6 heteroatoms. The molecule has 0 radical (unpaired) electrons. The Kier molecular flexibility index (Phi) is 4.56. The van der Waals surface area contributed by atoms with Crippen LogP contribution in [0.15, 0.2) is 24.3 Å². The highest BCUT2D eigenvalue weighted by Gasteiger charge is 2.13. The van der Waals surface area contributed by atoms with E-state index in [-0.39, 0.29) is 12.5 Å². The quantitative estimate of drug-likeness (QED) is 0.825. The van der Waals surface area contributed by atoms with Gasteiger partial charge >= 0.3 is 6.43 Å². The normalized spacial score (nSPS) is 10.1. The van der Waals surface area contributed by atoms with Gasteiger partial charge in [0.25, 0.3) is 11.8 Å². The van der Waals surface area contributed by atoms with Gasteiger partial charge in [0.15, 0.2) is 0 Å². The van der Waals surface area contributed by atoms with Gasteiger partial charge in [-0.1, -0.05) is 12.1 Å².